The molecule has 6 aromatic rings. The van der Waals surface area contributed by atoms with Crippen LogP contribution in [0.25, 0.3) is 44.3 Å². The van der Waals surface area contributed by atoms with Gasteiger partial charge in [-0.3, -0.25) is 10.00 Å². The highest BCUT2D eigenvalue weighted by atomic mass is 16.5. The first kappa shape index (κ1) is 25.2. The Morgan fingerprint density at radius 3 is 2.49 bits per heavy atom. The predicted molar refractivity (Wildman–Crippen MR) is 163 cm³/mol. The minimum atomic E-state index is 0.609. The molecule has 8 heteroatoms. The van der Waals surface area contributed by atoms with Crippen molar-refractivity contribution in [3.8, 4) is 28.3 Å². The number of hydrogen-bond acceptors (Lipinski definition) is 7. The van der Waals surface area contributed by atoms with Crippen LogP contribution in [0.5, 0.6) is 5.75 Å². The van der Waals surface area contributed by atoms with E-state index in [0.717, 1.165) is 83.0 Å². The van der Waals surface area contributed by atoms with Crippen LogP contribution < -0.4 is 10.1 Å². The number of anilines is 2. The average molecular weight is 543 g/mol. The molecule has 3 heterocycles. The minimum Gasteiger partial charge on any atom is -0.492 e. The van der Waals surface area contributed by atoms with Crippen molar-refractivity contribution in [2.45, 2.75) is 0 Å². The summed E-state index contributed by atoms with van der Waals surface area (Å²) in [4.78, 5) is 12.3. The first-order valence-electron chi connectivity index (χ1n) is 13.9. The van der Waals surface area contributed by atoms with Crippen molar-refractivity contribution in [3.05, 3.63) is 97.2 Å². The molecule has 0 bridgehead atoms. The van der Waals surface area contributed by atoms with E-state index in [9.17, 15) is 0 Å². The summed E-state index contributed by atoms with van der Waals surface area (Å²) in [7, 11) is 0. The second-order valence-corrected chi connectivity index (χ2v) is 10.1. The van der Waals surface area contributed by atoms with Crippen molar-refractivity contribution in [3.63, 3.8) is 0 Å². The molecule has 204 valence electrons. The van der Waals surface area contributed by atoms with Crippen LogP contribution in [0.2, 0.25) is 0 Å². The third-order valence-electron chi connectivity index (χ3n) is 7.40. The van der Waals surface area contributed by atoms with Gasteiger partial charge in [0.2, 0.25) is 0 Å². The summed E-state index contributed by atoms with van der Waals surface area (Å²) in [5.41, 5.74) is 6.03. The number of nitrogens with one attached hydrogen (secondary N) is 2. The zero-order chi connectivity index (χ0) is 27.4. The fourth-order valence-electron chi connectivity index (χ4n) is 5.14. The highest BCUT2D eigenvalue weighted by molar-refractivity contribution is 5.94. The Morgan fingerprint density at radius 2 is 1.63 bits per heavy atom. The molecule has 1 aliphatic heterocycles. The van der Waals surface area contributed by atoms with E-state index in [1.165, 1.54) is 5.56 Å². The van der Waals surface area contributed by atoms with Crippen molar-refractivity contribution >= 4 is 33.3 Å². The van der Waals surface area contributed by atoms with Gasteiger partial charge in [0.05, 0.1) is 30.4 Å². The molecule has 0 unspecified atom stereocenters. The van der Waals surface area contributed by atoms with Crippen LogP contribution in [0.4, 0.5) is 11.5 Å². The molecule has 2 aromatic heterocycles. The van der Waals surface area contributed by atoms with Gasteiger partial charge >= 0.3 is 0 Å². The lowest BCUT2D eigenvalue weighted by Gasteiger charge is -2.26. The predicted octanol–water partition coefficient (Wildman–Crippen LogP) is 6.29. The van der Waals surface area contributed by atoms with E-state index in [2.05, 4.69) is 75.0 Å². The molecule has 1 saturated heterocycles. The van der Waals surface area contributed by atoms with Gasteiger partial charge in [0.1, 0.15) is 18.2 Å². The Morgan fingerprint density at radius 1 is 0.829 bits per heavy atom. The van der Waals surface area contributed by atoms with E-state index in [1.807, 2.05) is 42.6 Å². The largest absolute Gasteiger partial charge is 0.492 e. The number of ether oxygens (including phenoxy) is 2. The van der Waals surface area contributed by atoms with Crippen molar-refractivity contribution in [1.82, 2.24) is 25.1 Å². The van der Waals surface area contributed by atoms with Gasteiger partial charge in [0, 0.05) is 41.7 Å². The van der Waals surface area contributed by atoms with Gasteiger partial charge in [-0.15, -0.1) is 0 Å². The van der Waals surface area contributed by atoms with E-state index in [1.54, 1.807) is 0 Å². The van der Waals surface area contributed by atoms with Gasteiger partial charge in [-0.25, -0.2) is 9.97 Å². The summed E-state index contributed by atoms with van der Waals surface area (Å²) in [5.74, 6) is 2.17. The van der Waals surface area contributed by atoms with E-state index in [4.69, 9.17) is 19.4 Å². The SMILES string of the molecule is c1ccc(-c2ccc(-c3nc(Nc4ccc5[nH]ncc5c4)c4cc(OCCN5CCOCC5)ccc4n3)cc2)cc1. The number of fused-ring (bicyclic) bond motifs is 2. The third kappa shape index (κ3) is 5.61. The lowest BCUT2D eigenvalue weighted by Crippen LogP contribution is -2.38. The maximum Gasteiger partial charge on any atom is 0.162 e. The van der Waals surface area contributed by atoms with Crippen LogP contribution in [-0.4, -0.2) is 64.5 Å². The topological polar surface area (TPSA) is 88.2 Å². The molecule has 41 heavy (non-hydrogen) atoms. The smallest absolute Gasteiger partial charge is 0.162 e. The van der Waals surface area contributed by atoms with Crippen molar-refractivity contribution in [2.24, 2.45) is 0 Å². The van der Waals surface area contributed by atoms with Gasteiger partial charge in [-0.2, -0.15) is 5.10 Å². The number of aromatic nitrogens is 4. The fourth-order valence-corrected chi connectivity index (χ4v) is 5.14. The molecule has 8 nitrogen and oxygen atoms in total. The Balaban J connectivity index is 1.21. The highest BCUT2D eigenvalue weighted by Gasteiger charge is 2.14. The molecule has 0 radical (unpaired) electrons. The maximum atomic E-state index is 6.16. The quantitative estimate of drug-likeness (QED) is 0.234. The minimum absolute atomic E-state index is 0.609. The molecule has 0 amide bonds. The van der Waals surface area contributed by atoms with Crippen LogP contribution in [-0.2, 0) is 4.74 Å². The number of hydrogen-bond donors (Lipinski definition) is 2. The summed E-state index contributed by atoms with van der Waals surface area (Å²) in [5, 5.41) is 12.6. The number of morpholine rings is 1. The lowest BCUT2D eigenvalue weighted by molar-refractivity contribution is 0.0322. The van der Waals surface area contributed by atoms with Crippen LogP contribution in [0.3, 0.4) is 0 Å². The molecule has 0 aliphatic carbocycles. The molecule has 1 aliphatic rings. The van der Waals surface area contributed by atoms with E-state index >= 15 is 0 Å². The summed E-state index contributed by atoms with van der Waals surface area (Å²) in [6.45, 7) is 4.93. The first-order chi connectivity index (χ1) is 20.3. The molecule has 2 N–H and O–H groups in total. The molecule has 1 fully saturated rings. The van der Waals surface area contributed by atoms with Gasteiger partial charge in [-0.05, 0) is 47.5 Å². The normalized spacial score (nSPS) is 14.0. The summed E-state index contributed by atoms with van der Waals surface area (Å²) >= 11 is 0. The Labute approximate surface area is 238 Å². The van der Waals surface area contributed by atoms with Gasteiger partial charge in [0.15, 0.2) is 5.82 Å². The molecule has 4 aromatic carbocycles. The van der Waals surface area contributed by atoms with Gasteiger partial charge < -0.3 is 14.8 Å². The summed E-state index contributed by atoms with van der Waals surface area (Å²) < 4.78 is 11.6. The Bertz CT molecular complexity index is 1780. The van der Waals surface area contributed by atoms with Crippen LogP contribution in [0.15, 0.2) is 97.2 Å². The average Bonchev–Trinajstić information content (AvgIpc) is 3.50. The number of rotatable bonds is 8. The molecule has 7 rings (SSSR count). The van der Waals surface area contributed by atoms with Crippen LogP contribution in [0.1, 0.15) is 0 Å². The molecule has 0 atom stereocenters. The zero-order valence-electron chi connectivity index (χ0n) is 22.6. The molecule has 0 spiro atoms. The second kappa shape index (κ2) is 11.4. The fraction of sp³-hybridized carbons (Fsp3) is 0.182. The molecular formula is C33H30N6O2. The van der Waals surface area contributed by atoms with E-state index in [0.29, 0.717) is 12.4 Å². The van der Waals surface area contributed by atoms with Crippen molar-refractivity contribution < 1.29 is 9.47 Å². The first-order valence-corrected chi connectivity index (χ1v) is 13.9. The second-order valence-electron chi connectivity index (χ2n) is 10.1. The Hall–Kier alpha value is -4.79. The summed E-state index contributed by atoms with van der Waals surface area (Å²) in [6, 6.07) is 30.8. The Kier molecular flexibility index (Phi) is 6.99. The van der Waals surface area contributed by atoms with Gasteiger partial charge in [-0.1, -0.05) is 54.6 Å². The van der Waals surface area contributed by atoms with Crippen LogP contribution in [0, 0.1) is 0 Å². The maximum absolute atomic E-state index is 6.16. The summed E-state index contributed by atoms with van der Waals surface area (Å²) in [6.07, 6.45) is 1.82. The monoisotopic (exact) mass is 542 g/mol. The number of aromatic amines is 1. The van der Waals surface area contributed by atoms with Gasteiger partial charge in [0.25, 0.3) is 0 Å². The van der Waals surface area contributed by atoms with Crippen LogP contribution >= 0.6 is 0 Å². The lowest BCUT2D eigenvalue weighted by atomic mass is 10.0. The zero-order valence-corrected chi connectivity index (χ0v) is 22.6. The van der Waals surface area contributed by atoms with Crippen molar-refractivity contribution in [1.29, 1.82) is 0 Å². The number of benzene rings is 4. The standard InChI is InChI=1S/C33H30N6O2/c1-2-4-23(5-3-1)24-6-8-25(9-7-24)32-36-31-13-11-28(41-19-16-39-14-17-40-18-15-39)21-29(31)33(37-32)35-27-10-12-30-26(20-27)22-34-38-30/h1-13,20-22H,14-19H2,(H,34,38)(H,35,36,37). The van der Waals surface area contributed by atoms with Crippen molar-refractivity contribution in [2.75, 3.05) is 44.8 Å². The third-order valence-corrected chi connectivity index (χ3v) is 7.40. The van der Waals surface area contributed by atoms with E-state index in [-0.39, 0.29) is 0 Å². The molecule has 0 saturated carbocycles. The number of nitrogens with zero attached hydrogens (tertiary/aromatic N) is 4. The number of H-pyrrole nitrogens is 1. The molecular weight excluding hydrogens is 512 g/mol. The van der Waals surface area contributed by atoms with E-state index < -0.39 is 0 Å². The highest BCUT2D eigenvalue weighted by Crippen LogP contribution is 2.32.